The molecule has 2 nitrogen and oxygen atoms in total. The Labute approximate surface area is 71.0 Å². The van der Waals surface area contributed by atoms with Crippen molar-refractivity contribution >= 4 is 0 Å². The molecule has 2 rings (SSSR count). The second-order valence-corrected chi connectivity index (χ2v) is 3.15. The van der Waals surface area contributed by atoms with Gasteiger partial charge in [0.25, 0.3) is 0 Å². The highest BCUT2D eigenvalue weighted by atomic mass is 19.1. The van der Waals surface area contributed by atoms with Crippen molar-refractivity contribution in [3.05, 3.63) is 30.1 Å². The molecule has 1 aliphatic rings. The lowest BCUT2D eigenvalue weighted by Gasteiger charge is -2.34. The van der Waals surface area contributed by atoms with Crippen molar-refractivity contribution in [1.29, 1.82) is 0 Å². The molecule has 1 aliphatic heterocycles. The number of pyridine rings is 1. The molecule has 0 amide bonds. The summed E-state index contributed by atoms with van der Waals surface area (Å²) in [7, 11) is 0. The Hall–Kier alpha value is -0.960. The standard InChI is InChI=1S/C9H11FN2/c10-9-6-12(7-9)5-8-1-3-11-4-2-8/h1-4,9H,5-7H2. The molecule has 0 unspecified atom stereocenters. The zero-order valence-corrected chi connectivity index (χ0v) is 6.78. The fraction of sp³-hybridized carbons (Fsp3) is 0.444. The normalized spacial score (nSPS) is 19.1. The average molecular weight is 166 g/mol. The number of likely N-dealkylation sites (tertiary alicyclic amines) is 1. The number of hydrogen-bond acceptors (Lipinski definition) is 2. The summed E-state index contributed by atoms with van der Waals surface area (Å²) in [5.41, 5.74) is 1.21. The summed E-state index contributed by atoms with van der Waals surface area (Å²) in [6.07, 6.45) is 2.93. The van der Waals surface area contributed by atoms with Gasteiger partial charge in [0.1, 0.15) is 6.17 Å². The van der Waals surface area contributed by atoms with E-state index in [2.05, 4.69) is 9.88 Å². The van der Waals surface area contributed by atoms with Gasteiger partial charge in [0.05, 0.1) is 0 Å². The van der Waals surface area contributed by atoms with Crippen molar-refractivity contribution in [3.63, 3.8) is 0 Å². The monoisotopic (exact) mass is 166 g/mol. The Balaban J connectivity index is 1.88. The van der Waals surface area contributed by atoms with E-state index in [1.165, 1.54) is 5.56 Å². The molecule has 64 valence electrons. The summed E-state index contributed by atoms with van der Waals surface area (Å²) in [4.78, 5) is 6.00. The first kappa shape index (κ1) is 7.68. The lowest BCUT2D eigenvalue weighted by atomic mass is 10.1. The zero-order valence-electron chi connectivity index (χ0n) is 6.78. The summed E-state index contributed by atoms with van der Waals surface area (Å²) in [6, 6.07) is 3.93. The third-order valence-corrected chi connectivity index (χ3v) is 2.07. The molecule has 0 aromatic carbocycles. The Morgan fingerprint density at radius 2 is 2.08 bits per heavy atom. The number of alkyl halides is 1. The number of nitrogens with zero attached hydrogens (tertiary/aromatic N) is 2. The predicted octanol–water partition coefficient (Wildman–Crippen LogP) is 1.24. The Bertz CT molecular complexity index is 244. The zero-order chi connectivity index (χ0) is 8.39. The van der Waals surface area contributed by atoms with Crippen LogP contribution < -0.4 is 0 Å². The molecule has 1 aromatic rings. The van der Waals surface area contributed by atoms with E-state index in [0.717, 1.165) is 6.54 Å². The van der Waals surface area contributed by atoms with Gasteiger partial charge >= 0.3 is 0 Å². The molecule has 3 heteroatoms. The average Bonchev–Trinajstić information content (AvgIpc) is 2.04. The first-order chi connectivity index (χ1) is 5.84. The van der Waals surface area contributed by atoms with Gasteiger partial charge < -0.3 is 0 Å². The fourth-order valence-electron chi connectivity index (χ4n) is 1.38. The van der Waals surface area contributed by atoms with Gasteiger partial charge in [-0.2, -0.15) is 0 Å². The van der Waals surface area contributed by atoms with E-state index in [1.807, 2.05) is 12.1 Å². The maximum Gasteiger partial charge on any atom is 0.125 e. The highest BCUT2D eigenvalue weighted by molar-refractivity contribution is 5.10. The largest absolute Gasteiger partial charge is 0.293 e. The van der Waals surface area contributed by atoms with Crippen molar-refractivity contribution < 1.29 is 4.39 Å². The molecule has 1 saturated heterocycles. The van der Waals surface area contributed by atoms with E-state index >= 15 is 0 Å². The van der Waals surface area contributed by atoms with E-state index in [1.54, 1.807) is 12.4 Å². The van der Waals surface area contributed by atoms with Gasteiger partial charge in [-0.15, -0.1) is 0 Å². The van der Waals surface area contributed by atoms with Crippen molar-refractivity contribution in [1.82, 2.24) is 9.88 Å². The van der Waals surface area contributed by atoms with Gasteiger partial charge in [0.2, 0.25) is 0 Å². The van der Waals surface area contributed by atoms with Crippen LogP contribution in [-0.4, -0.2) is 29.1 Å². The van der Waals surface area contributed by atoms with Crippen LogP contribution in [0.5, 0.6) is 0 Å². The van der Waals surface area contributed by atoms with Gasteiger partial charge in [-0.05, 0) is 17.7 Å². The van der Waals surface area contributed by atoms with Crippen LogP contribution in [0.3, 0.4) is 0 Å². The minimum absolute atomic E-state index is 0.586. The molecule has 0 atom stereocenters. The van der Waals surface area contributed by atoms with E-state index in [4.69, 9.17) is 0 Å². The lowest BCUT2D eigenvalue weighted by molar-refractivity contribution is 0.0591. The van der Waals surface area contributed by atoms with Crippen LogP contribution in [0.15, 0.2) is 24.5 Å². The quantitative estimate of drug-likeness (QED) is 0.657. The maximum absolute atomic E-state index is 12.4. The van der Waals surface area contributed by atoms with Gasteiger partial charge in [0, 0.05) is 32.0 Å². The molecule has 0 aliphatic carbocycles. The molecule has 1 fully saturated rings. The summed E-state index contributed by atoms with van der Waals surface area (Å²) >= 11 is 0. The molecule has 1 aromatic heterocycles. The number of rotatable bonds is 2. The summed E-state index contributed by atoms with van der Waals surface area (Å²) in [5, 5.41) is 0. The van der Waals surface area contributed by atoms with Crippen molar-refractivity contribution in [2.24, 2.45) is 0 Å². The molecule has 0 spiro atoms. The van der Waals surface area contributed by atoms with Crippen molar-refractivity contribution in [2.45, 2.75) is 12.7 Å². The smallest absolute Gasteiger partial charge is 0.125 e. The second kappa shape index (κ2) is 3.19. The van der Waals surface area contributed by atoms with E-state index in [-0.39, 0.29) is 0 Å². The molecular formula is C9H11FN2. The van der Waals surface area contributed by atoms with Crippen LogP contribution in [-0.2, 0) is 6.54 Å². The molecule has 0 bridgehead atoms. The van der Waals surface area contributed by atoms with Gasteiger partial charge in [-0.1, -0.05) is 0 Å². The number of hydrogen-bond donors (Lipinski definition) is 0. The molecule has 0 N–H and O–H groups in total. The van der Waals surface area contributed by atoms with E-state index in [9.17, 15) is 4.39 Å². The fourth-order valence-corrected chi connectivity index (χ4v) is 1.38. The van der Waals surface area contributed by atoms with Crippen LogP contribution in [0, 0.1) is 0 Å². The van der Waals surface area contributed by atoms with E-state index < -0.39 is 6.17 Å². The minimum Gasteiger partial charge on any atom is -0.293 e. The molecular weight excluding hydrogens is 155 g/mol. The van der Waals surface area contributed by atoms with Crippen LogP contribution in [0.2, 0.25) is 0 Å². The Morgan fingerprint density at radius 1 is 1.42 bits per heavy atom. The van der Waals surface area contributed by atoms with E-state index in [0.29, 0.717) is 13.1 Å². The van der Waals surface area contributed by atoms with Crippen LogP contribution in [0.25, 0.3) is 0 Å². The number of aromatic nitrogens is 1. The SMILES string of the molecule is FC1CN(Cc2ccncc2)C1. The predicted molar refractivity (Wildman–Crippen MR) is 44.4 cm³/mol. The third kappa shape index (κ3) is 1.61. The first-order valence-electron chi connectivity index (χ1n) is 4.10. The Morgan fingerprint density at radius 3 is 2.67 bits per heavy atom. The van der Waals surface area contributed by atoms with Gasteiger partial charge in [-0.25, -0.2) is 4.39 Å². The van der Waals surface area contributed by atoms with Crippen LogP contribution in [0.1, 0.15) is 5.56 Å². The number of halogens is 1. The summed E-state index contributed by atoms with van der Waals surface area (Å²) in [5.74, 6) is 0. The molecule has 2 heterocycles. The van der Waals surface area contributed by atoms with Crippen molar-refractivity contribution in [2.75, 3.05) is 13.1 Å². The van der Waals surface area contributed by atoms with Gasteiger partial charge in [-0.3, -0.25) is 9.88 Å². The first-order valence-corrected chi connectivity index (χ1v) is 4.10. The van der Waals surface area contributed by atoms with Crippen molar-refractivity contribution in [3.8, 4) is 0 Å². The Kier molecular flexibility index (Phi) is 2.04. The molecule has 0 saturated carbocycles. The molecule has 0 radical (unpaired) electrons. The second-order valence-electron chi connectivity index (χ2n) is 3.15. The minimum atomic E-state index is -0.605. The maximum atomic E-state index is 12.4. The highest BCUT2D eigenvalue weighted by Gasteiger charge is 2.25. The topological polar surface area (TPSA) is 16.1 Å². The lowest BCUT2D eigenvalue weighted by Crippen LogP contribution is -2.47. The molecule has 12 heavy (non-hydrogen) atoms. The summed E-state index contributed by atoms with van der Waals surface area (Å²) in [6.45, 7) is 2.02. The van der Waals surface area contributed by atoms with Gasteiger partial charge in [0.15, 0.2) is 0 Å². The highest BCUT2D eigenvalue weighted by Crippen LogP contribution is 2.14. The van der Waals surface area contributed by atoms with Crippen LogP contribution >= 0.6 is 0 Å². The summed E-state index contributed by atoms with van der Waals surface area (Å²) < 4.78 is 12.4. The third-order valence-electron chi connectivity index (χ3n) is 2.07. The van der Waals surface area contributed by atoms with Crippen LogP contribution in [0.4, 0.5) is 4.39 Å².